The van der Waals surface area contributed by atoms with E-state index >= 15 is 0 Å². The Balaban J connectivity index is 1.97. The van der Waals surface area contributed by atoms with Gasteiger partial charge in [0.1, 0.15) is 0 Å². The van der Waals surface area contributed by atoms with E-state index in [9.17, 15) is 5.11 Å². The normalized spacial score (nSPS) is 47.3. The average Bonchev–Trinajstić information content (AvgIpc) is 2.84. The molecule has 0 aromatic carbocycles. The van der Waals surface area contributed by atoms with Crippen molar-refractivity contribution in [3.05, 3.63) is 0 Å². The molecule has 0 aromatic heterocycles. The van der Waals surface area contributed by atoms with E-state index in [1.807, 2.05) is 0 Å². The van der Waals surface area contributed by atoms with Crippen molar-refractivity contribution in [2.75, 3.05) is 13.2 Å². The van der Waals surface area contributed by atoms with E-state index in [1.165, 1.54) is 0 Å². The first-order valence-electron chi connectivity index (χ1n) is 6.88. The lowest BCUT2D eigenvalue weighted by atomic mass is 9.54. The van der Waals surface area contributed by atoms with Gasteiger partial charge in [0.25, 0.3) is 0 Å². The quantitative estimate of drug-likeness (QED) is 0.706. The summed E-state index contributed by atoms with van der Waals surface area (Å²) in [6, 6.07) is 0. The van der Waals surface area contributed by atoms with Crippen LogP contribution in [0.1, 0.15) is 46.5 Å². The number of ether oxygens (including phenoxy) is 2. The van der Waals surface area contributed by atoms with Crippen molar-refractivity contribution < 1.29 is 14.6 Å². The van der Waals surface area contributed by atoms with Crippen LogP contribution in [0.4, 0.5) is 0 Å². The van der Waals surface area contributed by atoms with Crippen molar-refractivity contribution in [2.24, 2.45) is 16.7 Å². The monoisotopic (exact) mass is 240 g/mol. The van der Waals surface area contributed by atoms with Gasteiger partial charge in [0.15, 0.2) is 5.79 Å². The van der Waals surface area contributed by atoms with E-state index in [1.54, 1.807) is 0 Å². The molecule has 0 amide bonds. The number of aliphatic hydroxyl groups excluding tert-OH is 1. The van der Waals surface area contributed by atoms with Gasteiger partial charge in [-0.05, 0) is 30.6 Å². The topological polar surface area (TPSA) is 38.7 Å². The number of rotatable bonds is 0. The third-order valence-electron chi connectivity index (χ3n) is 5.89. The third kappa shape index (κ3) is 1.33. The van der Waals surface area contributed by atoms with E-state index in [4.69, 9.17) is 9.47 Å². The van der Waals surface area contributed by atoms with Gasteiger partial charge in [0.05, 0.1) is 19.3 Å². The molecule has 17 heavy (non-hydrogen) atoms. The Morgan fingerprint density at radius 2 is 1.65 bits per heavy atom. The summed E-state index contributed by atoms with van der Waals surface area (Å²) < 4.78 is 12.0. The maximum atomic E-state index is 10.3. The standard InChI is InChI=1S/C14H24O3/c1-12(2)10-4-5-11(15)13(10,3)6-7-14(12)16-8-9-17-14/h10-11,15H,4-9H2,1-3H3/t10-,11-,13-/m0/s1. The summed E-state index contributed by atoms with van der Waals surface area (Å²) in [6.07, 6.45) is 3.82. The maximum absolute atomic E-state index is 10.3. The molecule has 3 fully saturated rings. The van der Waals surface area contributed by atoms with Crippen LogP contribution in [0, 0.1) is 16.7 Å². The largest absolute Gasteiger partial charge is 0.393 e. The highest BCUT2D eigenvalue weighted by Crippen LogP contribution is 2.64. The van der Waals surface area contributed by atoms with Crippen LogP contribution in [0.2, 0.25) is 0 Å². The molecule has 1 spiro atoms. The van der Waals surface area contributed by atoms with Crippen LogP contribution in [-0.2, 0) is 9.47 Å². The molecule has 3 heteroatoms. The van der Waals surface area contributed by atoms with Crippen molar-refractivity contribution in [1.29, 1.82) is 0 Å². The van der Waals surface area contributed by atoms with Gasteiger partial charge in [-0.2, -0.15) is 0 Å². The van der Waals surface area contributed by atoms with Gasteiger partial charge >= 0.3 is 0 Å². The molecule has 1 saturated heterocycles. The zero-order valence-electron chi connectivity index (χ0n) is 11.2. The molecule has 2 aliphatic carbocycles. The highest BCUT2D eigenvalue weighted by atomic mass is 16.7. The minimum atomic E-state index is -0.388. The molecule has 1 aliphatic heterocycles. The van der Waals surface area contributed by atoms with Crippen LogP contribution < -0.4 is 0 Å². The van der Waals surface area contributed by atoms with Gasteiger partial charge in [-0.1, -0.05) is 20.8 Å². The highest BCUT2D eigenvalue weighted by Gasteiger charge is 2.65. The third-order valence-corrected chi connectivity index (χ3v) is 5.89. The fourth-order valence-electron chi connectivity index (χ4n) is 4.73. The molecule has 0 radical (unpaired) electrons. The summed E-state index contributed by atoms with van der Waals surface area (Å²) in [5, 5.41) is 10.3. The second-order valence-electron chi connectivity index (χ2n) is 6.82. The van der Waals surface area contributed by atoms with Gasteiger partial charge in [0, 0.05) is 11.8 Å². The van der Waals surface area contributed by atoms with Crippen molar-refractivity contribution in [1.82, 2.24) is 0 Å². The molecule has 3 aliphatic rings. The first-order valence-corrected chi connectivity index (χ1v) is 6.88. The maximum Gasteiger partial charge on any atom is 0.173 e. The van der Waals surface area contributed by atoms with Crippen LogP contribution in [0.15, 0.2) is 0 Å². The van der Waals surface area contributed by atoms with Gasteiger partial charge in [-0.3, -0.25) is 0 Å². The zero-order chi connectivity index (χ0) is 12.3. The molecular formula is C14H24O3. The van der Waals surface area contributed by atoms with Crippen molar-refractivity contribution in [3.63, 3.8) is 0 Å². The van der Waals surface area contributed by atoms with Gasteiger partial charge < -0.3 is 14.6 Å². The Bertz CT molecular complexity index is 319. The van der Waals surface area contributed by atoms with Crippen molar-refractivity contribution >= 4 is 0 Å². The van der Waals surface area contributed by atoms with Crippen LogP contribution >= 0.6 is 0 Å². The summed E-state index contributed by atoms with van der Waals surface area (Å²) in [5.41, 5.74) is 0.0536. The Morgan fingerprint density at radius 3 is 2.29 bits per heavy atom. The van der Waals surface area contributed by atoms with E-state index in [2.05, 4.69) is 20.8 Å². The number of aliphatic hydroxyl groups is 1. The van der Waals surface area contributed by atoms with E-state index in [0.29, 0.717) is 5.92 Å². The summed E-state index contributed by atoms with van der Waals surface area (Å²) >= 11 is 0. The molecule has 3 atom stereocenters. The molecular weight excluding hydrogens is 216 g/mol. The first-order chi connectivity index (χ1) is 7.92. The summed E-state index contributed by atoms with van der Waals surface area (Å²) in [4.78, 5) is 0. The number of hydrogen-bond acceptors (Lipinski definition) is 3. The molecule has 0 unspecified atom stereocenters. The zero-order valence-corrected chi connectivity index (χ0v) is 11.2. The molecule has 1 N–H and O–H groups in total. The SMILES string of the molecule is CC1(C)[C@@H]2CC[C@H](O)[C@@]2(C)CCC12OCCO2. The Hall–Kier alpha value is -0.120. The predicted molar refractivity (Wildman–Crippen MR) is 64.5 cm³/mol. The summed E-state index contributed by atoms with van der Waals surface area (Å²) in [7, 11) is 0. The average molecular weight is 240 g/mol. The van der Waals surface area contributed by atoms with Gasteiger partial charge in [-0.25, -0.2) is 0 Å². The molecule has 0 bridgehead atoms. The lowest BCUT2D eigenvalue weighted by molar-refractivity contribution is -0.283. The second kappa shape index (κ2) is 3.46. The van der Waals surface area contributed by atoms with Gasteiger partial charge in [-0.15, -0.1) is 0 Å². The van der Waals surface area contributed by atoms with Crippen molar-refractivity contribution in [3.8, 4) is 0 Å². The van der Waals surface area contributed by atoms with Crippen LogP contribution in [0.5, 0.6) is 0 Å². The van der Waals surface area contributed by atoms with Crippen molar-refractivity contribution in [2.45, 2.75) is 58.3 Å². The Kier molecular flexibility index (Phi) is 2.43. The number of hydrogen-bond donors (Lipinski definition) is 1. The summed E-state index contributed by atoms with van der Waals surface area (Å²) in [6.45, 7) is 8.21. The highest BCUT2D eigenvalue weighted by molar-refractivity contribution is 5.10. The van der Waals surface area contributed by atoms with Gasteiger partial charge in [0.2, 0.25) is 0 Å². The molecule has 3 rings (SSSR count). The molecule has 3 nitrogen and oxygen atoms in total. The second-order valence-corrected chi connectivity index (χ2v) is 6.82. The first kappa shape index (κ1) is 11.9. The van der Waals surface area contributed by atoms with Crippen LogP contribution in [0.3, 0.4) is 0 Å². The molecule has 2 saturated carbocycles. The lowest BCUT2D eigenvalue weighted by Crippen LogP contribution is -2.58. The fraction of sp³-hybridized carbons (Fsp3) is 1.00. The molecule has 98 valence electrons. The van der Waals surface area contributed by atoms with E-state index in [0.717, 1.165) is 38.9 Å². The smallest absolute Gasteiger partial charge is 0.173 e. The van der Waals surface area contributed by atoms with Crippen LogP contribution in [-0.4, -0.2) is 30.2 Å². The summed E-state index contributed by atoms with van der Waals surface area (Å²) in [5.74, 6) is 0.109. The minimum Gasteiger partial charge on any atom is -0.393 e. The molecule has 1 heterocycles. The fourth-order valence-corrected chi connectivity index (χ4v) is 4.73. The lowest BCUT2D eigenvalue weighted by Gasteiger charge is -2.56. The predicted octanol–water partition coefficient (Wildman–Crippen LogP) is 2.33. The van der Waals surface area contributed by atoms with E-state index in [-0.39, 0.29) is 22.7 Å². The van der Waals surface area contributed by atoms with E-state index < -0.39 is 0 Å². The Labute approximate surface area is 103 Å². The molecule has 0 aromatic rings. The van der Waals surface area contributed by atoms with Crippen LogP contribution in [0.25, 0.3) is 0 Å². The number of fused-ring (bicyclic) bond motifs is 1. The minimum absolute atomic E-state index is 0.00597. The Morgan fingerprint density at radius 1 is 1.00 bits per heavy atom.